The molecule has 0 aliphatic rings. The maximum absolute atomic E-state index is 12.0. The van der Waals surface area contributed by atoms with Gasteiger partial charge in [-0.15, -0.1) is 0 Å². The lowest BCUT2D eigenvalue weighted by Crippen LogP contribution is -2.20. The van der Waals surface area contributed by atoms with Gasteiger partial charge in [-0.25, -0.2) is 4.79 Å². The van der Waals surface area contributed by atoms with Gasteiger partial charge in [0.15, 0.2) is 6.61 Å². The molecule has 1 N–H and O–H groups in total. The summed E-state index contributed by atoms with van der Waals surface area (Å²) in [6, 6.07) is 11.6. The maximum Gasteiger partial charge on any atom is 0.337 e. The number of benzene rings is 2. The van der Waals surface area contributed by atoms with Crippen molar-refractivity contribution in [1.29, 1.82) is 0 Å². The molecule has 7 heteroatoms. The van der Waals surface area contributed by atoms with Crippen LogP contribution in [0.4, 0.5) is 5.69 Å². The summed E-state index contributed by atoms with van der Waals surface area (Å²) >= 11 is 9.33. The van der Waals surface area contributed by atoms with Crippen LogP contribution in [-0.4, -0.2) is 25.6 Å². The standard InChI is InChI=1S/C16H13BrClNO4/c1-22-16(21)10-5-6-13(18)14(7-10)19-15(20)9-23-12-4-2-3-11(17)8-12/h2-8H,9H2,1H3,(H,19,20). The number of amides is 1. The van der Waals surface area contributed by atoms with Crippen molar-refractivity contribution in [1.82, 2.24) is 0 Å². The van der Waals surface area contributed by atoms with Crippen LogP contribution in [0, 0.1) is 0 Å². The minimum absolute atomic E-state index is 0.185. The minimum atomic E-state index is -0.512. The summed E-state index contributed by atoms with van der Waals surface area (Å²) in [7, 11) is 1.28. The highest BCUT2D eigenvalue weighted by Gasteiger charge is 2.11. The molecule has 0 aromatic heterocycles. The lowest BCUT2D eigenvalue weighted by Gasteiger charge is -2.10. The summed E-state index contributed by atoms with van der Waals surface area (Å²) in [6.07, 6.45) is 0. The summed E-state index contributed by atoms with van der Waals surface area (Å²) in [4.78, 5) is 23.4. The van der Waals surface area contributed by atoms with Crippen LogP contribution in [0.5, 0.6) is 5.75 Å². The smallest absolute Gasteiger partial charge is 0.337 e. The van der Waals surface area contributed by atoms with Gasteiger partial charge in [0.05, 0.1) is 23.4 Å². The van der Waals surface area contributed by atoms with Gasteiger partial charge in [-0.2, -0.15) is 0 Å². The number of halogens is 2. The Balaban J connectivity index is 2.01. The summed E-state index contributed by atoms with van der Waals surface area (Å²) in [6.45, 7) is -0.185. The summed E-state index contributed by atoms with van der Waals surface area (Å²) in [5, 5.41) is 2.91. The van der Waals surface area contributed by atoms with E-state index in [1.165, 1.54) is 25.3 Å². The number of carbonyl (C=O) groups is 2. The molecule has 1 amide bonds. The molecule has 0 saturated heterocycles. The highest BCUT2D eigenvalue weighted by Crippen LogP contribution is 2.23. The Hall–Kier alpha value is -2.05. The maximum atomic E-state index is 12.0. The second-order valence-electron chi connectivity index (χ2n) is 4.48. The van der Waals surface area contributed by atoms with Crippen molar-refractivity contribution >= 4 is 45.1 Å². The number of ether oxygens (including phenoxy) is 2. The zero-order valence-corrected chi connectivity index (χ0v) is 14.5. The van der Waals surface area contributed by atoms with Crippen LogP contribution >= 0.6 is 27.5 Å². The van der Waals surface area contributed by atoms with E-state index in [0.29, 0.717) is 22.0 Å². The van der Waals surface area contributed by atoms with Crippen LogP contribution in [0.1, 0.15) is 10.4 Å². The highest BCUT2D eigenvalue weighted by molar-refractivity contribution is 9.10. The number of hydrogen-bond donors (Lipinski definition) is 1. The molecular weight excluding hydrogens is 386 g/mol. The van der Waals surface area contributed by atoms with Gasteiger partial charge in [0.25, 0.3) is 5.91 Å². The van der Waals surface area contributed by atoms with E-state index in [1.807, 2.05) is 6.07 Å². The predicted molar refractivity (Wildman–Crippen MR) is 91.1 cm³/mol. The molecule has 0 saturated carbocycles. The Morgan fingerprint density at radius 3 is 2.70 bits per heavy atom. The summed E-state index contributed by atoms with van der Waals surface area (Å²) in [5.41, 5.74) is 0.609. The first-order chi connectivity index (χ1) is 11.0. The Morgan fingerprint density at radius 2 is 2.00 bits per heavy atom. The first-order valence-electron chi connectivity index (χ1n) is 6.55. The fourth-order valence-corrected chi connectivity index (χ4v) is 2.30. The normalized spacial score (nSPS) is 10.0. The number of esters is 1. The first kappa shape index (κ1) is 17.3. The molecule has 0 radical (unpaired) electrons. The van der Waals surface area contributed by atoms with E-state index in [-0.39, 0.29) is 6.61 Å². The Kier molecular flexibility index (Phi) is 6.01. The van der Waals surface area contributed by atoms with Gasteiger partial charge in [-0.3, -0.25) is 4.79 Å². The topological polar surface area (TPSA) is 64.6 Å². The molecule has 120 valence electrons. The number of carbonyl (C=O) groups excluding carboxylic acids is 2. The van der Waals surface area contributed by atoms with Gasteiger partial charge >= 0.3 is 5.97 Å². The highest BCUT2D eigenvalue weighted by atomic mass is 79.9. The van der Waals surface area contributed by atoms with E-state index in [0.717, 1.165) is 4.47 Å². The van der Waals surface area contributed by atoms with E-state index in [1.54, 1.807) is 18.2 Å². The molecule has 5 nitrogen and oxygen atoms in total. The largest absolute Gasteiger partial charge is 0.484 e. The third-order valence-electron chi connectivity index (χ3n) is 2.83. The molecule has 0 atom stereocenters. The Bertz CT molecular complexity index is 736. The van der Waals surface area contributed by atoms with Crippen molar-refractivity contribution in [3.05, 3.63) is 57.5 Å². The quantitative estimate of drug-likeness (QED) is 0.776. The molecule has 0 heterocycles. The molecule has 0 bridgehead atoms. The second-order valence-corrected chi connectivity index (χ2v) is 5.80. The SMILES string of the molecule is COC(=O)c1ccc(Cl)c(NC(=O)COc2cccc(Br)c2)c1. The molecule has 0 spiro atoms. The van der Waals surface area contributed by atoms with Crippen molar-refractivity contribution in [2.45, 2.75) is 0 Å². The third-order valence-corrected chi connectivity index (χ3v) is 3.65. The van der Waals surface area contributed by atoms with Crippen LogP contribution in [0.25, 0.3) is 0 Å². The van der Waals surface area contributed by atoms with Crippen LogP contribution in [0.3, 0.4) is 0 Å². The van der Waals surface area contributed by atoms with Crippen molar-refractivity contribution in [3.63, 3.8) is 0 Å². The van der Waals surface area contributed by atoms with E-state index in [2.05, 4.69) is 26.0 Å². The second kappa shape index (κ2) is 7.99. The number of rotatable bonds is 5. The predicted octanol–water partition coefficient (Wildman–Crippen LogP) is 3.91. The van der Waals surface area contributed by atoms with Crippen LogP contribution in [0.2, 0.25) is 5.02 Å². The average Bonchev–Trinajstić information content (AvgIpc) is 2.54. The molecule has 0 unspecified atom stereocenters. The van der Waals surface area contributed by atoms with E-state index < -0.39 is 11.9 Å². The van der Waals surface area contributed by atoms with Gasteiger partial charge in [-0.05, 0) is 36.4 Å². The third kappa shape index (κ3) is 4.97. The Labute approximate surface area is 146 Å². The zero-order chi connectivity index (χ0) is 16.8. The van der Waals surface area contributed by atoms with Gasteiger partial charge < -0.3 is 14.8 Å². The van der Waals surface area contributed by atoms with Gasteiger partial charge in [-0.1, -0.05) is 33.6 Å². The van der Waals surface area contributed by atoms with Gasteiger partial charge in [0.2, 0.25) is 0 Å². The first-order valence-corrected chi connectivity index (χ1v) is 7.73. The molecule has 23 heavy (non-hydrogen) atoms. The van der Waals surface area contributed by atoms with Crippen molar-refractivity contribution in [2.24, 2.45) is 0 Å². The van der Waals surface area contributed by atoms with E-state index in [4.69, 9.17) is 16.3 Å². The van der Waals surface area contributed by atoms with E-state index >= 15 is 0 Å². The van der Waals surface area contributed by atoms with Gasteiger partial charge in [0.1, 0.15) is 5.75 Å². The summed E-state index contributed by atoms with van der Waals surface area (Å²) in [5.74, 6) is -0.347. The Morgan fingerprint density at radius 1 is 1.22 bits per heavy atom. The van der Waals surface area contributed by atoms with Crippen molar-refractivity contribution < 1.29 is 19.1 Å². The van der Waals surface area contributed by atoms with Crippen LogP contribution in [-0.2, 0) is 9.53 Å². The minimum Gasteiger partial charge on any atom is -0.484 e. The lowest BCUT2D eigenvalue weighted by atomic mass is 10.2. The fourth-order valence-electron chi connectivity index (χ4n) is 1.76. The number of hydrogen-bond acceptors (Lipinski definition) is 4. The number of nitrogens with one attached hydrogen (secondary N) is 1. The zero-order valence-electron chi connectivity index (χ0n) is 12.1. The van der Waals surface area contributed by atoms with Crippen molar-refractivity contribution in [3.8, 4) is 5.75 Å². The van der Waals surface area contributed by atoms with Crippen LogP contribution < -0.4 is 10.1 Å². The molecule has 0 aliphatic carbocycles. The molecule has 2 aromatic carbocycles. The molecular formula is C16H13BrClNO4. The average molecular weight is 399 g/mol. The van der Waals surface area contributed by atoms with Gasteiger partial charge in [0, 0.05) is 4.47 Å². The number of anilines is 1. The number of methoxy groups -OCH3 is 1. The van der Waals surface area contributed by atoms with E-state index in [9.17, 15) is 9.59 Å². The van der Waals surface area contributed by atoms with Crippen LogP contribution in [0.15, 0.2) is 46.9 Å². The molecule has 2 aromatic rings. The fraction of sp³-hybridized carbons (Fsp3) is 0.125. The summed E-state index contributed by atoms with van der Waals surface area (Å²) < 4.78 is 10.9. The molecule has 2 rings (SSSR count). The monoisotopic (exact) mass is 397 g/mol. The molecule has 0 fully saturated rings. The van der Waals surface area contributed by atoms with Crippen molar-refractivity contribution in [2.75, 3.05) is 19.0 Å². The lowest BCUT2D eigenvalue weighted by molar-refractivity contribution is -0.118. The molecule has 0 aliphatic heterocycles.